The molecule has 256 valence electrons. The van der Waals surface area contributed by atoms with Gasteiger partial charge in [-0.2, -0.15) is 0 Å². The predicted molar refractivity (Wildman–Crippen MR) is 167 cm³/mol. The Balaban J connectivity index is 1.40. The molecule has 2 heterocycles. The van der Waals surface area contributed by atoms with E-state index in [1.54, 1.807) is 19.9 Å². The zero-order valence-corrected chi connectivity index (χ0v) is 28.3. The van der Waals surface area contributed by atoms with Crippen LogP contribution in [0.4, 0.5) is 0 Å². The molecule has 6 aliphatic rings. The first-order chi connectivity index (χ1) is 21.2. The Kier molecular flexibility index (Phi) is 7.97. The Bertz CT molecular complexity index is 1390. The number of carbonyl (C=O) groups excluding carboxylic acids is 2. The second-order valence-electron chi connectivity index (χ2n) is 16.6. The van der Waals surface area contributed by atoms with Crippen molar-refractivity contribution < 1.29 is 49.3 Å². The molecule has 0 aromatic heterocycles. The van der Waals surface area contributed by atoms with Gasteiger partial charge in [-0.15, -0.1) is 0 Å². The van der Waals surface area contributed by atoms with Crippen LogP contribution in [0.15, 0.2) is 35.1 Å². The van der Waals surface area contributed by atoms with Crippen molar-refractivity contribution in [2.75, 3.05) is 6.61 Å². The molecule has 4 aliphatic carbocycles. The fourth-order valence-corrected chi connectivity index (χ4v) is 10.8. The number of fused-ring (bicyclic) bond motifs is 7. The summed E-state index contributed by atoms with van der Waals surface area (Å²) in [7, 11) is 0. The van der Waals surface area contributed by atoms with Crippen molar-refractivity contribution in [3.05, 3.63) is 35.1 Å². The van der Waals surface area contributed by atoms with Crippen molar-refractivity contribution >= 4 is 11.6 Å². The number of aliphatic hydroxyl groups excluding tert-OH is 4. The largest absolute Gasteiger partial charge is 0.459 e. The maximum Gasteiger partial charge on any atom is 0.229 e. The Morgan fingerprint density at radius 3 is 2.28 bits per heavy atom. The van der Waals surface area contributed by atoms with E-state index in [2.05, 4.69) is 26.0 Å². The van der Waals surface area contributed by atoms with Gasteiger partial charge in [0.15, 0.2) is 5.76 Å². The maximum absolute atomic E-state index is 14.7. The van der Waals surface area contributed by atoms with Gasteiger partial charge in [-0.05, 0) is 70.3 Å². The zero-order chi connectivity index (χ0) is 33.9. The van der Waals surface area contributed by atoms with Crippen molar-refractivity contribution in [3.8, 4) is 0 Å². The first-order valence-electron chi connectivity index (χ1n) is 16.7. The number of carbonyl (C=O) groups is 2. The highest BCUT2D eigenvalue weighted by Gasteiger charge is 2.75. The number of Topliss-reactive ketones (excluding diaryl/α,β-unsaturated/α-hetero) is 2. The van der Waals surface area contributed by atoms with Gasteiger partial charge in [-0.25, -0.2) is 0 Å². The van der Waals surface area contributed by atoms with Gasteiger partial charge >= 0.3 is 0 Å². The van der Waals surface area contributed by atoms with Crippen molar-refractivity contribution in [3.63, 3.8) is 0 Å². The first-order valence-corrected chi connectivity index (χ1v) is 16.7. The van der Waals surface area contributed by atoms with Gasteiger partial charge in [0.05, 0.1) is 29.8 Å². The van der Waals surface area contributed by atoms with E-state index >= 15 is 0 Å². The summed E-state index contributed by atoms with van der Waals surface area (Å²) in [5, 5.41) is 52.9. The minimum atomic E-state index is -1.68. The molecule has 10 nitrogen and oxygen atoms in total. The van der Waals surface area contributed by atoms with Gasteiger partial charge in [0, 0.05) is 30.1 Å². The zero-order valence-electron chi connectivity index (χ0n) is 28.3. The van der Waals surface area contributed by atoms with Crippen molar-refractivity contribution in [2.45, 2.75) is 130 Å². The topological polar surface area (TPSA) is 163 Å². The van der Waals surface area contributed by atoms with Crippen LogP contribution in [0.1, 0.15) is 81.1 Å². The molecule has 5 N–H and O–H groups in total. The number of hydrogen-bond acceptors (Lipinski definition) is 10. The van der Waals surface area contributed by atoms with Crippen LogP contribution in [0.3, 0.4) is 0 Å². The summed E-state index contributed by atoms with van der Waals surface area (Å²) >= 11 is 0. The molecule has 0 aromatic rings. The Morgan fingerprint density at radius 1 is 0.978 bits per heavy atom. The average molecular weight is 645 g/mol. The van der Waals surface area contributed by atoms with Gasteiger partial charge in [-0.3, -0.25) is 9.59 Å². The molecular formula is C36H52O10. The van der Waals surface area contributed by atoms with Crippen molar-refractivity contribution in [2.24, 2.45) is 39.4 Å². The van der Waals surface area contributed by atoms with Crippen molar-refractivity contribution in [1.29, 1.82) is 0 Å². The van der Waals surface area contributed by atoms with E-state index < -0.39 is 65.1 Å². The van der Waals surface area contributed by atoms with E-state index in [0.717, 1.165) is 11.1 Å². The standard InChI is InChI=1S/C36H52O10/c1-17(2)11-18-13-35(7,43)29-22(44-18)14-33(5)24-10-9-19-20(36(24,8)25(38)15-34(29,33)6)12-21(30(42)32(19,3)4)45-31-28(41)27(40)26(39)23(16-37)46-31/h9,11-12,18,20,22-24,26-29,31,37,39-41,43H,10,13-16H2,1-8H3/t18-,20-,22-,23-,24+,26-,27+,28-,29+,31-,33+,34-,35+,36+/m1/s1. The number of ketones is 2. The molecule has 0 bridgehead atoms. The van der Waals surface area contributed by atoms with E-state index in [-0.39, 0.29) is 53.2 Å². The van der Waals surface area contributed by atoms with Crippen LogP contribution in [0.25, 0.3) is 0 Å². The Hall–Kier alpha value is -1.92. The summed E-state index contributed by atoms with van der Waals surface area (Å²) in [6, 6.07) is 0. The summed E-state index contributed by atoms with van der Waals surface area (Å²) < 4.78 is 18.3. The third-order valence-electron chi connectivity index (χ3n) is 13.2. The Labute approximate surface area is 271 Å². The molecule has 10 heteroatoms. The number of rotatable bonds is 4. The summed E-state index contributed by atoms with van der Waals surface area (Å²) in [5.41, 5.74) is -1.90. The lowest BCUT2D eigenvalue weighted by molar-refractivity contribution is -0.291. The van der Waals surface area contributed by atoms with Gasteiger partial charge in [-0.1, -0.05) is 44.1 Å². The highest BCUT2D eigenvalue weighted by molar-refractivity contribution is 6.02. The molecule has 2 saturated carbocycles. The maximum atomic E-state index is 14.7. The fraction of sp³-hybridized carbons (Fsp3) is 0.778. The molecule has 0 unspecified atom stereocenters. The smallest absolute Gasteiger partial charge is 0.229 e. The Morgan fingerprint density at radius 2 is 1.65 bits per heavy atom. The third kappa shape index (κ3) is 4.54. The molecule has 4 fully saturated rings. The molecule has 0 amide bonds. The first kappa shape index (κ1) is 34.0. The normalized spacial score (nSPS) is 51.2. The minimum Gasteiger partial charge on any atom is -0.459 e. The van der Waals surface area contributed by atoms with Crippen LogP contribution in [-0.2, 0) is 23.8 Å². The van der Waals surface area contributed by atoms with Gasteiger partial charge in [0.2, 0.25) is 12.1 Å². The fourth-order valence-electron chi connectivity index (χ4n) is 10.8. The van der Waals surface area contributed by atoms with Gasteiger partial charge in [0.25, 0.3) is 0 Å². The van der Waals surface area contributed by atoms with E-state index in [9.17, 15) is 35.1 Å². The molecule has 46 heavy (non-hydrogen) atoms. The second-order valence-corrected chi connectivity index (χ2v) is 16.6. The molecule has 6 rings (SSSR count). The van der Waals surface area contributed by atoms with E-state index in [1.807, 2.05) is 27.7 Å². The van der Waals surface area contributed by atoms with Crippen molar-refractivity contribution in [1.82, 2.24) is 0 Å². The number of allylic oxidation sites excluding steroid dienone is 5. The molecular weight excluding hydrogens is 592 g/mol. The number of aliphatic hydroxyl groups is 5. The lowest BCUT2D eigenvalue weighted by Crippen LogP contribution is -2.64. The molecule has 2 aliphatic heterocycles. The minimum absolute atomic E-state index is 0.0736. The summed E-state index contributed by atoms with van der Waals surface area (Å²) in [6.07, 6.45) is -0.139. The number of ether oxygens (including phenoxy) is 3. The van der Waals surface area contributed by atoms with E-state index in [4.69, 9.17) is 14.2 Å². The monoisotopic (exact) mass is 644 g/mol. The second kappa shape index (κ2) is 10.8. The van der Waals surface area contributed by atoms with Gasteiger partial charge in [0.1, 0.15) is 30.2 Å². The highest BCUT2D eigenvalue weighted by Crippen LogP contribution is 2.75. The molecule has 2 saturated heterocycles. The van der Waals surface area contributed by atoms with Crippen LogP contribution in [-0.4, -0.2) is 92.2 Å². The predicted octanol–water partition coefficient (Wildman–Crippen LogP) is 2.74. The quantitative estimate of drug-likeness (QED) is 0.288. The lowest BCUT2D eigenvalue weighted by atomic mass is 9.39. The summed E-state index contributed by atoms with van der Waals surface area (Å²) in [4.78, 5) is 28.6. The summed E-state index contributed by atoms with van der Waals surface area (Å²) in [5.74, 6) is -1.20. The highest BCUT2D eigenvalue weighted by atomic mass is 16.7. The average Bonchev–Trinajstić information content (AvgIpc) is 3.18. The third-order valence-corrected chi connectivity index (χ3v) is 13.2. The van der Waals surface area contributed by atoms with Gasteiger partial charge < -0.3 is 39.7 Å². The van der Waals surface area contributed by atoms with Crippen LogP contribution < -0.4 is 0 Å². The van der Waals surface area contributed by atoms with Crippen LogP contribution in [0.2, 0.25) is 0 Å². The van der Waals surface area contributed by atoms with Crippen LogP contribution in [0, 0.1) is 39.4 Å². The van der Waals surface area contributed by atoms with Crippen LogP contribution in [0.5, 0.6) is 0 Å². The van der Waals surface area contributed by atoms with E-state index in [0.29, 0.717) is 19.3 Å². The van der Waals surface area contributed by atoms with E-state index in [1.165, 1.54) is 0 Å². The SMILES string of the molecule is CC(C)=C[C@@H]1C[C@](C)(O)[C@H]2[C@@H](C[C@@]3(C)[C@@H]4CC=C5[C@@H](C=C(O[C@@H]6O[C@H](CO)[C@@H](O)[C@H](O)[C@H]6O)C(=O)C5(C)C)[C@]4(C)C(=O)C[C@]23C)O1. The molecule has 0 aromatic carbocycles. The molecule has 0 spiro atoms. The van der Waals surface area contributed by atoms with Crippen LogP contribution >= 0.6 is 0 Å². The summed E-state index contributed by atoms with van der Waals surface area (Å²) in [6.45, 7) is 15.3. The molecule has 14 atom stereocenters. The lowest BCUT2D eigenvalue weighted by Gasteiger charge is -2.64. The number of hydrogen-bond donors (Lipinski definition) is 5. The molecule has 0 radical (unpaired) electrons.